The predicted octanol–water partition coefficient (Wildman–Crippen LogP) is 3.66. The van der Waals surface area contributed by atoms with Crippen LogP contribution in [0.4, 0.5) is 0 Å². The van der Waals surface area contributed by atoms with Crippen molar-refractivity contribution in [3.63, 3.8) is 0 Å². The second kappa shape index (κ2) is 9.03. The van der Waals surface area contributed by atoms with Crippen molar-refractivity contribution >= 4 is 16.9 Å². The van der Waals surface area contributed by atoms with E-state index in [-0.39, 0.29) is 5.91 Å². The number of para-hydroxylation sites is 2. The van der Waals surface area contributed by atoms with Crippen LogP contribution < -0.4 is 10.1 Å². The summed E-state index contributed by atoms with van der Waals surface area (Å²) in [5.41, 5.74) is 3.27. The molecule has 27 heavy (non-hydrogen) atoms. The number of nitrogens with zero attached hydrogens (tertiary/aromatic N) is 2. The molecule has 0 aliphatic rings. The van der Waals surface area contributed by atoms with E-state index in [1.165, 1.54) is 11.6 Å². The number of carbonyl (C=O) groups excluding carboxylic acids is 1. The van der Waals surface area contributed by atoms with E-state index in [4.69, 9.17) is 9.72 Å². The number of aryl methyl sites for hydroxylation is 2. The number of carbonyl (C=O) groups is 1. The average molecular weight is 363 g/mol. The molecule has 0 aliphatic carbocycles. The maximum absolute atomic E-state index is 11.3. The summed E-state index contributed by atoms with van der Waals surface area (Å²) in [6.07, 6.45) is 2.90. The molecular weight excluding hydrogens is 338 g/mol. The zero-order valence-corrected chi connectivity index (χ0v) is 15.6. The summed E-state index contributed by atoms with van der Waals surface area (Å²) in [6, 6.07) is 16.2. The molecule has 1 aromatic heterocycles. The van der Waals surface area contributed by atoms with Gasteiger partial charge in [-0.1, -0.05) is 30.8 Å². The van der Waals surface area contributed by atoms with Gasteiger partial charge in [0, 0.05) is 13.0 Å². The molecule has 5 nitrogen and oxygen atoms in total. The maximum atomic E-state index is 11.3. The van der Waals surface area contributed by atoms with Crippen LogP contribution in [0.25, 0.3) is 11.0 Å². The van der Waals surface area contributed by atoms with E-state index >= 15 is 0 Å². The van der Waals surface area contributed by atoms with E-state index in [0.717, 1.165) is 42.0 Å². The number of ether oxygens (including phenoxy) is 1. The summed E-state index contributed by atoms with van der Waals surface area (Å²) >= 11 is 0. The van der Waals surface area contributed by atoms with Crippen LogP contribution in [0.1, 0.15) is 17.8 Å². The van der Waals surface area contributed by atoms with Crippen molar-refractivity contribution in [1.29, 1.82) is 0 Å². The smallest absolute Gasteiger partial charge is 0.243 e. The Kier molecular flexibility index (Phi) is 6.26. The molecular formula is C22H25N3O2. The van der Waals surface area contributed by atoms with E-state index < -0.39 is 0 Å². The number of nitrogens with one attached hydrogen (secondary N) is 1. The van der Waals surface area contributed by atoms with Crippen molar-refractivity contribution in [3.8, 4) is 5.75 Å². The number of hydrogen-bond donors (Lipinski definition) is 1. The third-order valence-corrected chi connectivity index (χ3v) is 4.37. The van der Waals surface area contributed by atoms with Gasteiger partial charge in [-0.05, 0) is 49.2 Å². The standard InChI is InChI=1S/C22H25N3O2/c1-3-22(26)23-13-7-12-21-24-19-10-4-5-11-20(19)25(21)14-15-27-18-9-6-8-17(2)16-18/h3-6,8-11,16H,1,7,12-15H2,2H3,(H,23,26). The Bertz CT molecular complexity index is 930. The molecule has 1 heterocycles. The van der Waals surface area contributed by atoms with Gasteiger partial charge in [0.25, 0.3) is 0 Å². The normalized spacial score (nSPS) is 10.7. The molecule has 0 saturated carbocycles. The molecule has 140 valence electrons. The van der Waals surface area contributed by atoms with E-state index in [1.807, 2.05) is 36.4 Å². The lowest BCUT2D eigenvalue weighted by Crippen LogP contribution is -2.22. The third-order valence-electron chi connectivity index (χ3n) is 4.37. The molecule has 0 spiro atoms. The van der Waals surface area contributed by atoms with Gasteiger partial charge in [0.1, 0.15) is 18.2 Å². The topological polar surface area (TPSA) is 56.2 Å². The van der Waals surface area contributed by atoms with Crippen LogP contribution in [0.15, 0.2) is 61.2 Å². The van der Waals surface area contributed by atoms with Gasteiger partial charge in [-0.15, -0.1) is 0 Å². The van der Waals surface area contributed by atoms with Crippen molar-refractivity contribution in [2.75, 3.05) is 13.2 Å². The fourth-order valence-corrected chi connectivity index (χ4v) is 3.06. The van der Waals surface area contributed by atoms with Crippen molar-refractivity contribution in [1.82, 2.24) is 14.9 Å². The van der Waals surface area contributed by atoms with Gasteiger partial charge in [-0.3, -0.25) is 4.79 Å². The number of aromatic nitrogens is 2. The van der Waals surface area contributed by atoms with Crippen LogP contribution >= 0.6 is 0 Å². The summed E-state index contributed by atoms with van der Waals surface area (Å²) < 4.78 is 8.13. The minimum Gasteiger partial charge on any atom is -0.492 e. The Morgan fingerprint density at radius 3 is 2.93 bits per heavy atom. The summed E-state index contributed by atoms with van der Waals surface area (Å²) in [5, 5.41) is 2.81. The van der Waals surface area contributed by atoms with Crippen LogP contribution in [0, 0.1) is 6.92 Å². The Balaban J connectivity index is 1.66. The van der Waals surface area contributed by atoms with Gasteiger partial charge < -0.3 is 14.6 Å². The van der Waals surface area contributed by atoms with E-state index in [1.54, 1.807) is 0 Å². The molecule has 0 fully saturated rings. The van der Waals surface area contributed by atoms with Crippen LogP contribution in [0.2, 0.25) is 0 Å². The second-order valence-electron chi connectivity index (χ2n) is 6.43. The Hall–Kier alpha value is -3.08. The monoisotopic (exact) mass is 363 g/mol. The van der Waals surface area contributed by atoms with Crippen molar-refractivity contribution in [2.45, 2.75) is 26.3 Å². The fourth-order valence-electron chi connectivity index (χ4n) is 3.06. The first-order chi connectivity index (χ1) is 13.2. The number of benzene rings is 2. The highest BCUT2D eigenvalue weighted by molar-refractivity contribution is 5.86. The van der Waals surface area contributed by atoms with Crippen molar-refractivity contribution in [2.24, 2.45) is 0 Å². The molecule has 0 aliphatic heterocycles. The SMILES string of the molecule is C=CC(=O)NCCCc1nc2ccccc2n1CCOc1cccc(C)c1. The average Bonchev–Trinajstić information content (AvgIpc) is 3.03. The van der Waals surface area contributed by atoms with Crippen molar-refractivity contribution in [3.05, 3.63) is 72.6 Å². The molecule has 3 aromatic rings. The van der Waals surface area contributed by atoms with Gasteiger partial charge in [-0.2, -0.15) is 0 Å². The Morgan fingerprint density at radius 2 is 2.11 bits per heavy atom. The molecule has 0 atom stereocenters. The lowest BCUT2D eigenvalue weighted by Gasteiger charge is -2.11. The maximum Gasteiger partial charge on any atom is 0.243 e. The minimum atomic E-state index is -0.143. The highest BCUT2D eigenvalue weighted by Gasteiger charge is 2.10. The molecule has 2 aromatic carbocycles. The summed E-state index contributed by atoms with van der Waals surface area (Å²) in [7, 11) is 0. The minimum absolute atomic E-state index is 0.143. The summed E-state index contributed by atoms with van der Waals surface area (Å²) in [6.45, 7) is 7.42. The molecule has 1 N–H and O–H groups in total. The molecule has 0 radical (unpaired) electrons. The largest absolute Gasteiger partial charge is 0.492 e. The molecule has 3 rings (SSSR count). The van der Waals surface area contributed by atoms with Gasteiger partial charge in [-0.25, -0.2) is 4.98 Å². The Labute approximate surface area is 159 Å². The van der Waals surface area contributed by atoms with Crippen LogP contribution in [-0.4, -0.2) is 28.6 Å². The molecule has 1 amide bonds. The Morgan fingerprint density at radius 1 is 1.26 bits per heavy atom. The van der Waals surface area contributed by atoms with E-state index in [9.17, 15) is 4.79 Å². The first kappa shape index (κ1) is 18.7. The van der Waals surface area contributed by atoms with Gasteiger partial charge in [0.15, 0.2) is 0 Å². The van der Waals surface area contributed by atoms with Gasteiger partial charge in [0.2, 0.25) is 5.91 Å². The van der Waals surface area contributed by atoms with Gasteiger partial charge in [0.05, 0.1) is 17.6 Å². The van der Waals surface area contributed by atoms with Crippen LogP contribution in [-0.2, 0) is 17.8 Å². The zero-order chi connectivity index (χ0) is 19.1. The lowest BCUT2D eigenvalue weighted by molar-refractivity contribution is -0.116. The first-order valence-electron chi connectivity index (χ1n) is 9.21. The van der Waals surface area contributed by atoms with E-state index in [0.29, 0.717) is 13.2 Å². The molecule has 5 heteroatoms. The van der Waals surface area contributed by atoms with E-state index in [2.05, 4.69) is 35.5 Å². The summed E-state index contributed by atoms with van der Waals surface area (Å²) in [5.74, 6) is 1.75. The lowest BCUT2D eigenvalue weighted by atomic mass is 10.2. The molecule has 0 saturated heterocycles. The van der Waals surface area contributed by atoms with Gasteiger partial charge >= 0.3 is 0 Å². The van der Waals surface area contributed by atoms with Crippen LogP contribution in [0.3, 0.4) is 0 Å². The van der Waals surface area contributed by atoms with Crippen molar-refractivity contribution < 1.29 is 9.53 Å². The highest BCUT2D eigenvalue weighted by Crippen LogP contribution is 2.18. The fraction of sp³-hybridized carbons (Fsp3) is 0.273. The highest BCUT2D eigenvalue weighted by atomic mass is 16.5. The third kappa shape index (κ3) is 4.97. The number of imidazole rings is 1. The summed E-state index contributed by atoms with van der Waals surface area (Å²) in [4.78, 5) is 16.0. The number of hydrogen-bond acceptors (Lipinski definition) is 3. The van der Waals surface area contributed by atoms with Crippen LogP contribution in [0.5, 0.6) is 5.75 Å². The number of rotatable bonds is 9. The number of amides is 1. The molecule has 0 bridgehead atoms. The molecule has 0 unspecified atom stereocenters. The first-order valence-corrected chi connectivity index (χ1v) is 9.21. The predicted molar refractivity (Wildman–Crippen MR) is 108 cm³/mol. The quantitative estimate of drug-likeness (QED) is 0.466. The second-order valence-corrected chi connectivity index (χ2v) is 6.43. The zero-order valence-electron chi connectivity index (χ0n) is 15.6. The number of fused-ring (bicyclic) bond motifs is 1.